The highest BCUT2D eigenvalue weighted by Crippen LogP contribution is 2.34. The summed E-state index contributed by atoms with van der Waals surface area (Å²) in [6, 6.07) is -0.690. The van der Waals surface area contributed by atoms with E-state index in [-0.39, 0.29) is 36.6 Å². The monoisotopic (exact) mass is 393 g/mol. The van der Waals surface area contributed by atoms with Crippen LogP contribution in [0.15, 0.2) is 12.2 Å². The molecule has 0 aromatic rings. The lowest BCUT2D eigenvalue weighted by atomic mass is 9.85. The molecule has 9 heteroatoms. The molecule has 0 bridgehead atoms. The van der Waals surface area contributed by atoms with E-state index < -0.39 is 29.6 Å². The predicted octanol–water partition coefficient (Wildman–Crippen LogP) is 0.884. The van der Waals surface area contributed by atoms with Crippen LogP contribution in [0.25, 0.3) is 0 Å². The summed E-state index contributed by atoms with van der Waals surface area (Å²) in [7, 11) is 0. The molecule has 28 heavy (non-hydrogen) atoms. The molecular formula is C19H27N3O6. The van der Waals surface area contributed by atoms with Gasteiger partial charge in [0.2, 0.25) is 11.8 Å². The SMILES string of the molecule is C[C@@H](OC(=O)CCN1C(=O)[C@H]2CC=CC[C@@H]2C1=O)C(=O)NC(=O)NC(C)(C)C. The predicted molar refractivity (Wildman–Crippen MR) is 98.7 cm³/mol. The number of hydrogen-bond donors (Lipinski definition) is 2. The Morgan fingerprint density at radius 2 is 1.68 bits per heavy atom. The number of imide groups is 2. The number of amides is 5. The minimum absolute atomic E-state index is 0.0810. The van der Waals surface area contributed by atoms with Gasteiger partial charge in [0.1, 0.15) is 0 Å². The van der Waals surface area contributed by atoms with Gasteiger partial charge in [-0.05, 0) is 40.5 Å². The zero-order chi connectivity index (χ0) is 21.1. The maximum absolute atomic E-state index is 12.3. The first-order chi connectivity index (χ1) is 13.0. The van der Waals surface area contributed by atoms with Gasteiger partial charge in [0, 0.05) is 12.1 Å². The highest BCUT2D eigenvalue weighted by molar-refractivity contribution is 6.05. The second kappa shape index (κ2) is 8.53. The van der Waals surface area contributed by atoms with Crippen LogP contribution in [-0.2, 0) is 23.9 Å². The van der Waals surface area contributed by atoms with E-state index >= 15 is 0 Å². The Hall–Kier alpha value is -2.71. The molecule has 1 saturated heterocycles. The van der Waals surface area contributed by atoms with Gasteiger partial charge < -0.3 is 10.1 Å². The van der Waals surface area contributed by atoms with Crippen molar-refractivity contribution in [3.8, 4) is 0 Å². The van der Waals surface area contributed by atoms with Crippen LogP contribution in [0, 0.1) is 11.8 Å². The van der Waals surface area contributed by atoms with Gasteiger partial charge >= 0.3 is 12.0 Å². The number of carbonyl (C=O) groups is 5. The first-order valence-corrected chi connectivity index (χ1v) is 9.32. The molecular weight excluding hydrogens is 366 g/mol. The lowest BCUT2D eigenvalue weighted by Gasteiger charge is -2.21. The van der Waals surface area contributed by atoms with Crippen molar-refractivity contribution in [3.05, 3.63) is 12.2 Å². The van der Waals surface area contributed by atoms with Gasteiger partial charge in [0.15, 0.2) is 6.10 Å². The summed E-state index contributed by atoms with van der Waals surface area (Å²) in [5.74, 6) is -2.72. The molecule has 2 N–H and O–H groups in total. The third kappa shape index (κ3) is 5.40. The van der Waals surface area contributed by atoms with Crippen LogP contribution in [-0.4, -0.2) is 52.8 Å². The van der Waals surface area contributed by atoms with Crippen LogP contribution >= 0.6 is 0 Å². The van der Waals surface area contributed by atoms with Gasteiger partial charge in [-0.15, -0.1) is 0 Å². The van der Waals surface area contributed by atoms with E-state index in [4.69, 9.17) is 4.74 Å². The van der Waals surface area contributed by atoms with Gasteiger partial charge in [-0.2, -0.15) is 0 Å². The van der Waals surface area contributed by atoms with Crippen molar-refractivity contribution in [1.82, 2.24) is 15.5 Å². The normalized spacial score (nSPS) is 22.5. The topological polar surface area (TPSA) is 122 Å². The van der Waals surface area contributed by atoms with Crippen molar-refractivity contribution in [3.63, 3.8) is 0 Å². The van der Waals surface area contributed by atoms with Crippen molar-refractivity contribution in [1.29, 1.82) is 0 Å². The van der Waals surface area contributed by atoms with Crippen molar-refractivity contribution in [2.24, 2.45) is 11.8 Å². The van der Waals surface area contributed by atoms with E-state index in [9.17, 15) is 24.0 Å². The van der Waals surface area contributed by atoms with E-state index in [1.807, 2.05) is 12.2 Å². The van der Waals surface area contributed by atoms with Crippen LogP contribution in [0.3, 0.4) is 0 Å². The molecule has 0 spiro atoms. The number of nitrogens with zero attached hydrogens (tertiary/aromatic N) is 1. The standard InChI is InChI=1S/C19H27N3O6/c1-11(15(24)20-18(27)21-19(2,3)4)28-14(23)9-10-22-16(25)12-7-5-6-8-13(12)17(22)26/h5-6,11-13H,7-10H2,1-4H3,(H2,20,21,24,27)/t11-,12+,13+/m1/s1. The molecule has 0 unspecified atom stereocenters. The van der Waals surface area contributed by atoms with E-state index in [0.29, 0.717) is 12.8 Å². The average Bonchev–Trinajstić information content (AvgIpc) is 2.82. The van der Waals surface area contributed by atoms with Crippen LogP contribution in [0.1, 0.15) is 47.0 Å². The van der Waals surface area contributed by atoms with Crippen molar-refractivity contribution in [2.45, 2.75) is 58.6 Å². The number of allylic oxidation sites excluding steroid dienone is 2. The van der Waals surface area contributed by atoms with Crippen molar-refractivity contribution >= 4 is 29.7 Å². The van der Waals surface area contributed by atoms with Crippen LogP contribution in [0.4, 0.5) is 4.79 Å². The fourth-order valence-corrected chi connectivity index (χ4v) is 3.19. The molecule has 1 aliphatic carbocycles. The summed E-state index contributed by atoms with van der Waals surface area (Å²) < 4.78 is 5.00. The quantitative estimate of drug-likeness (QED) is 0.406. The number of likely N-dealkylation sites (tertiary alicyclic amines) is 1. The van der Waals surface area contributed by atoms with E-state index in [1.165, 1.54) is 6.92 Å². The third-order valence-electron chi connectivity index (χ3n) is 4.54. The van der Waals surface area contributed by atoms with Gasteiger partial charge in [0.05, 0.1) is 18.3 Å². The number of carbonyl (C=O) groups excluding carboxylic acids is 5. The summed E-state index contributed by atoms with van der Waals surface area (Å²) in [5.41, 5.74) is -0.522. The number of hydrogen-bond acceptors (Lipinski definition) is 6. The van der Waals surface area contributed by atoms with Gasteiger partial charge in [0.25, 0.3) is 5.91 Å². The second-order valence-electron chi connectivity index (χ2n) is 8.06. The van der Waals surface area contributed by atoms with Gasteiger partial charge in [-0.25, -0.2) is 4.79 Å². The van der Waals surface area contributed by atoms with E-state index in [2.05, 4.69) is 10.6 Å². The molecule has 154 valence electrons. The molecule has 1 heterocycles. The largest absolute Gasteiger partial charge is 0.452 e. The zero-order valence-electron chi connectivity index (χ0n) is 16.6. The first-order valence-electron chi connectivity index (χ1n) is 9.32. The average molecular weight is 393 g/mol. The summed E-state index contributed by atoms with van der Waals surface area (Å²) in [6.07, 6.45) is 3.44. The minimum atomic E-state index is -1.19. The lowest BCUT2D eigenvalue weighted by Crippen LogP contribution is -2.50. The molecule has 0 aromatic carbocycles. The van der Waals surface area contributed by atoms with E-state index in [0.717, 1.165) is 4.90 Å². The molecule has 1 fully saturated rings. The summed E-state index contributed by atoms with van der Waals surface area (Å²) in [6.45, 7) is 6.53. The molecule has 0 radical (unpaired) electrons. The Bertz CT molecular complexity index is 683. The third-order valence-corrected chi connectivity index (χ3v) is 4.54. The molecule has 1 aliphatic heterocycles. The highest BCUT2D eigenvalue weighted by Gasteiger charge is 2.47. The molecule has 2 rings (SSSR count). The second-order valence-corrected chi connectivity index (χ2v) is 8.06. The molecule has 5 amide bonds. The van der Waals surface area contributed by atoms with Crippen LogP contribution < -0.4 is 10.6 Å². The number of ether oxygens (including phenoxy) is 1. The maximum atomic E-state index is 12.3. The number of urea groups is 1. The number of esters is 1. The van der Waals surface area contributed by atoms with Crippen molar-refractivity contribution in [2.75, 3.05) is 6.54 Å². The minimum Gasteiger partial charge on any atom is -0.452 e. The molecule has 9 nitrogen and oxygen atoms in total. The molecule has 3 atom stereocenters. The fourth-order valence-electron chi connectivity index (χ4n) is 3.19. The Morgan fingerprint density at radius 1 is 1.14 bits per heavy atom. The molecule has 0 saturated carbocycles. The number of rotatable bonds is 5. The first kappa shape index (κ1) is 21.6. The van der Waals surface area contributed by atoms with Crippen LogP contribution in [0.5, 0.6) is 0 Å². The summed E-state index contributed by atoms with van der Waals surface area (Å²) in [5, 5.41) is 4.65. The van der Waals surface area contributed by atoms with Gasteiger partial charge in [-0.1, -0.05) is 12.2 Å². The Kier molecular flexibility index (Phi) is 6.58. The zero-order valence-corrected chi connectivity index (χ0v) is 16.6. The summed E-state index contributed by atoms with van der Waals surface area (Å²) in [4.78, 5) is 61.4. The Balaban J connectivity index is 1.79. The number of nitrogens with one attached hydrogen (secondary N) is 2. The Morgan fingerprint density at radius 3 is 2.18 bits per heavy atom. The molecule has 2 aliphatic rings. The highest BCUT2D eigenvalue weighted by atomic mass is 16.5. The smallest absolute Gasteiger partial charge is 0.321 e. The van der Waals surface area contributed by atoms with Crippen LogP contribution in [0.2, 0.25) is 0 Å². The lowest BCUT2D eigenvalue weighted by molar-refractivity contribution is -0.155. The van der Waals surface area contributed by atoms with Gasteiger partial charge in [-0.3, -0.25) is 29.4 Å². The Labute approximate surface area is 163 Å². The van der Waals surface area contributed by atoms with Crippen molar-refractivity contribution < 1.29 is 28.7 Å². The van der Waals surface area contributed by atoms with E-state index in [1.54, 1.807) is 20.8 Å². The fraction of sp³-hybridized carbons (Fsp3) is 0.632. The maximum Gasteiger partial charge on any atom is 0.321 e. The summed E-state index contributed by atoms with van der Waals surface area (Å²) >= 11 is 0. The number of fused-ring (bicyclic) bond motifs is 1. The molecule has 0 aromatic heterocycles.